The van der Waals surface area contributed by atoms with E-state index in [9.17, 15) is 13.2 Å². The lowest BCUT2D eigenvalue weighted by atomic mass is 10.3. The second-order valence-electron chi connectivity index (χ2n) is 6.57. The zero-order chi connectivity index (χ0) is 20.3. The van der Waals surface area contributed by atoms with Gasteiger partial charge in [-0.05, 0) is 30.0 Å². The Morgan fingerprint density at radius 3 is 2.76 bits per heavy atom. The molecular formula is C19H21N3O3S4. The van der Waals surface area contributed by atoms with Crippen molar-refractivity contribution in [2.45, 2.75) is 17.7 Å². The van der Waals surface area contributed by atoms with Gasteiger partial charge in [0.25, 0.3) is 5.91 Å². The van der Waals surface area contributed by atoms with E-state index < -0.39 is 10.0 Å². The number of aromatic nitrogens is 1. The fraction of sp³-hybridized carbons (Fsp3) is 0.368. The molecule has 0 unspecified atom stereocenters. The molecule has 3 aromatic rings. The Balaban J connectivity index is 1.35. The molecule has 1 aliphatic heterocycles. The van der Waals surface area contributed by atoms with E-state index in [4.69, 9.17) is 0 Å². The van der Waals surface area contributed by atoms with Gasteiger partial charge < -0.3 is 5.32 Å². The normalized spacial score (nSPS) is 15.6. The number of hydrogen-bond acceptors (Lipinski definition) is 7. The highest BCUT2D eigenvalue weighted by Gasteiger charge is 2.31. The number of para-hydroxylation sites is 1. The van der Waals surface area contributed by atoms with Crippen LogP contribution in [0.2, 0.25) is 0 Å². The van der Waals surface area contributed by atoms with Crippen LogP contribution in [0.3, 0.4) is 0 Å². The average Bonchev–Trinajstić information content (AvgIpc) is 3.39. The molecule has 154 valence electrons. The molecule has 0 atom stereocenters. The highest BCUT2D eigenvalue weighted by molar-refractivity contribution is 7.99. The number of fused-ring (bicyclic) bond motifs is 1. The molecule has 6 nitrogen and oxygen atoms in total. The first kappa shape index (κ1) is 20.8. The number of thiophene rings is 1. The van der Waals surface area contributed by atoms with Crippen LogP contribution in [0.4, 0.5) is 0 Å². The Labute approximate surface area is 182 Å². The van der Waals surface area contributed by atoms with Gasteiger partial charge in [-0.15, -0.1) is 22.7 Å². The number of hydrogen-bond donors (Lipinski definition) is 1. The molecule has 29 heavy (non-hydrogen) atoms. The maximum Gasteiger partial charge on any atom is 0.262 e. The highest BCUT2D eigenvalue weighted by Crippen LogP contribution is 2.27. The number of nitrogens with zero attached hydrogens (tertiary/aromatic N) is 2. The van der Waals surface area contributed by atoms with E-state index in [1.165, 1.54) is 21.7 Å². The van der Waals surface area contributed by atoms with E-state index in [1.54, 1.807) is 28.5 Å². The molecule has 0 radical (unpaired) electrons. The van der Waals surface area contributed by atoms with Crippen molar-refractivity contribution >= 4 is 60.6 Å². The molecule has 10 heteroatoms. The first-order valence-corrected chi connectivity index (χ1v) is 13.6. The van der Waals surface area contributed by atoms with E-state index in [0.717, 1.165) is 39.6 Å². The standard InChI is InChI=1S/C19H21N3O3S4/c23-19(20-8-3-6-17-21-14-4-1-2-5-15(14)28-17)18-16(7-11-27-18)29(24,25)22-9-12-26-13-10-22/h1-2,4-5,7,11H,3,6,8-10,12-13H2,(H,20,23). The lowest BCUT2D eigenvalue weighted by Gasteiger charge is -2.25. The van der Waals surface area contributed by atoms with Gasteiger partial charge in [-0.1, -0.05) is 12.1 Å². The van der Waals surface area contributed by atoms with Crippen LogP contribution in [0.5, 0.6) is 0 Å². The first-order valence-electron chi connectivity index (χ1n) is 9.34. The molecule has 0 bridgehead atoms. The quantitative estimate of drug-likeness (QED) is 0.539. The molecule has 0 aliphatic carbocycles. The van der Waals surface area contributed by atoms with Crippen LogP contribution in [-0.4, -0.2) is 54.8 Å². The Bertz CT molecular complexity index is 1070. The molecule has 0 spiro atoms. The first-order chi connectivity index (χ1) is 14.1. The van der Waals surface area contributed by atoms with Crippen molar-refractivity contribution in [3.63, 3.8) is 0 Å². The molecule has 1 N–H and O–H groups in total. The summed E-state index contributed by atoms with van der Waals surface area (Å²) in [6.45, 7) is 1.46. The summed E-state index contributed by atoms with van der Waals surface area (Å²) < 4.78 is 28.5. The van der Waals surface area contributed by atoms with Gasteiger partial charge in [0.15, 0.2) is 0 Å². The number of thiazole rings is 1. The minimum atomic E-state index is -3.62. The fourth-order valence-corrected chi connectivity index (χ4v) is 8.04. The number of nitrogens with one attached hydrogen (secondary N) is 1. The molecule has 2 aromatic heterocycles. The number of rotatable bonds is 7. The number of carbonyl (C=O) groups excluding carboxylic acids is 1. The summed E-state index contributed by atoms with van der Waals surface area (Å²) in [5, 5.41) is 5.58. The van der Waals surface area contributed by atoms with Gasteiger partial charge in [-0.3, -0.25) is 4.79 Å². The number of benzene rings is 1. The molecule has 1 aromatic carbocycles. The van der Waals surface area contributed by atoms with Crippen molar-refractivity contribution in [1.82, 2.24) is 14.6 Å². The lowest BCUT2D eigenvalue weighted by molar-refractivity contribution is 0.0954. The smallest absolute Gasteiger partial charge is 0.262 e. The number of amides is 1. The van der Waals surface area contributed by atoms with Crippen LogP contribution in [0.1, 0.15) is 21.1 Å². The van der Waals surface area contributed by atoms with Crippen LogP contribution < -0.4 is 5.32 Å². The Morgan fingerprint density at radius 2 is 1.97 bits per heavy atom. The van der Waals surface area contributed by atoms with Gasteiger partial charge in [-0.2, -0.15) is 16.1 Å². The summed E-state index contributed by atoms with van der Waals surface area (Å²) in [5.41, 5.74) is 1.00. The van der Waals surface area contributed by atoms with Crippen molar-refractivity contribution in [2.24, 2.45) is 0 Å². The van der Waals surface area contributed by atoms with Crippen LogP contribution in [-0.2, 0) is 16.4 Å². The number of sulfonamides is 1. The minimum absolute atomic E-state index is 0.123. The summed E-state index contributed by atoms with van der Waals surface area (Å²) in [7, 11) is -3.62. The van der Waals surface area contributed by atoms with Crippen molar-refractivity contribution < 1.29 is 13.2 Å². The van der Waals surface area contributed by atoms with Gasteiger partial charge in [-0.25, -0.2) is 13.4 Å². The van der Waals surface area contributed by atoms with E-state index in [1.807, 2.05) is 18.2 Å². The third-order valence-corrected chi connectivity index (χ3v) is 9.64. The van der Waals surface area contributed by atoms with Gasteiger partial charge in [0.1, 0.15) is 9.77 Å². The lowest BCUT2D eigenvalue weighted by Crippen LogP contribution is -2.38. The van der Waals surface area contributed by atoms with Crippen LogP contribution in [0.25, 0.3) is 10.2 Å². The fourth-order valence-electron chi connectivity index (χ4n) is 3.14. The van der Waals surface area contributed by atoms with Gasteiger partial charge in [0.05, 0.1) is 15.2 Å². The Morgan fingerprint density at radius 1 is 1.17 bits per heavy atom. The molecule has 1 fully saturated rings. The third-order valence-electron chi connectivity index (χ3n) is 4.61. The largest absolute Gasteiger partial charge is 0.351 e. The van der Waals surface area contributed by atoms with Crippen LogP contribution in [0.15, 0.2) is 40.6 Å². The van der Waals surface area contributed by atoms with E-state index in [-0.39, 0.29) is 15.7 Å². The number of carbonyl (C=O) groups is 1. The second-order valence-corrected chi connectivity index (χ2v) is 11.7. The maximum atomic E-state index is 12.9. The molecule has 3 heterocycles. The third kappa shape index (κ3) is 4.66. The molecule has 1 amide bonds. The summed E-state index contributed by atoms with van der Waals surface area (Å²) in [6.07, 6.45) is 1.53. The maximum absolute atomic E-state index is 12.9. The van der Waals surface area contributed by atoms with Crippen LogP contribution >= 0.6 is 34.4 Å². The van der Waals surface area contributed by atoms with E-state index in [0.29, 0.717) is 19.6 Å². The molecule has 1 saturated heterocycles. The van der Waals surface area contributed by atoms with Gasteiger partial charge >= 0.3 is 0 Å². The van der Waals surface area contributed by atoms with E-state index >= 15 is 0 Å². The zero-order valence-corrected chi connectivity index (χ0v) is 18.9. The monoisotopic (exact) mass is 467 g/mol. The summed E-state index contributed by atoms with van der Waals surface area (Å²) in [6, 6.07) is 9.56. The van der Waals surface area contributed by atoms with Crippen molar-refractivity contribution in [3.8, 4) is 0 Å². The topological polar surface area (TPSA) is 79.4 Å². The average molecular weight is 468 g/mol. The predicted octanol–water partition coefficient (Wildman–Crippen LogP) is 3.46. The zero-order valence-electron chi connectivity index (χ0n) is 15.7. The SMILES string of the molecule is O=C(NCCCc1nc2ccccc2s1)c1sccc1S(=O)(=O)N1CCSCC1. The minimum Gasteiger partial charge on any atom is -0.351 e. The molecule has 4 rings (SSSR count). The van der Waals surface area contributed by atoms with E-state index in [2.05, 4.69) is 16.4 Å². The van der Waals surface area contributed by atoms with Crippen molar-refractivity contribution in [3.05, 3.63) is 45.6 Å². The Hall–Kier alpha value is -1.46. The number of thioether (sulfide) groups is 1. The predicted molar refractivity (Wildman–Crippen MR) is 121 cm³/mol. The van der Waals surface area contributed by atoms with Crippen LogP contribution in [0, 0.1) is 0 Å². The Kier molecular flexibility index (Phi) is 6.55. The van der Waals surface area contributed by atoms with Gasteiger partial charge in [0, 0.05) is 37.6 Å². The summed E-state index contributed by atoms with van der Waals surface area (Å²) in [5.74, 6) is 1.25. The summed E-state index contributed by atoms with van der Waals surface area (Å²) in [4.78, 5) is 17.6. The number of aryl methyl sites for hydroxylation is 1. The highest BCUT2D eigenvalue weighted by atomic mass is 32.2. The molecule has 1 aliphatic rings. The molecular weight excluding hydrogens is 446 g/mol. The molecule has 0 saturated carbocycles. The second kappa shape index (κ2) is 9.13. The van der Waals surface area contributed by atoms with Gasteiger partial charge in [0.2, 0.25) is 10.0 Å². The van der Waals surface area contributed by atoms with Crippen molar-refractivity contribution in [2.75, 3.05) is 31.1 Å². The summed E-state index contributed by atoms with van der Waals surface area (Å²) >= 11 is 4.59. The van der Waals surface area contributed by atoms with Crippen molar-refractivity contribution in [1.29, 1.82) is 0 Å².